The first-order valence-corrected chi connectivity index (χ1v) is 12.6. The molecule has 0 fully saturated rings. The third kappa shape index (κ3) is 5.45. The van der Waals surface area contributed by atoms with E-state index < -0.39 is 10.0 Å². The van der Waals surface area contributed by atoms with Crippen LogP contribution in [-0.4, -0.2) is 39.5 Å². The van der Waals surface area contributed by atoms with Gasteiger partial charge >= 0.3 is 0 Å². The number of fused-ring (bicyclic) bond motifs is 1. The molecule has 180 valence electrons. The van der Waals surface area contributed by atoms with Gasteiger partial charge in [0.15, 0.2) is 0 Å². The molecule has 7 nitrogen and oxygen atoms in total. The van der Waals surface area contributed by atoms with Crippen LogP contribution in [-0.2, 0) is 10.0 Å². The number of amides is 1. The van der Waals surface area contributed by atoms with E-state index in [0.29, 0.717) is 12.1 Å². The molecule has 0 radical (unpaired) electrons. The average molecular weight is 490 g/mol. The van der Waals surface area contributed by atoms with Crippen LogP contribution >= 0.6 is 0 Å². The summed E-state index contributed by atoms with van der Waals surface area (Å²) in [6, 6.07) is 21.7. The monoisotopic (exact) mass is 489 g/mol. The lowest BCUT2D eigenvalue weighted by molar-refractivity contribution is 0.0952. The van der Waals surface area contributed by atoms with Gasteiger partial charge in [-0.25, -0.2) is 13.1 Å². The van der Waals surface area contributed by atoms with Gasteiger partial charge in [0, 0.05) is 41.7 Å². The first-order chi connectivity index (χ1) is 16.9. The van der Waals surface area contributed by atoms with Gasteiger partial charge in [-0.3, -0.25) is 4.79 Å². The second kappa shape index (κ2) is 10.6. The molecule has 0 bridgehead atoms. The minimum absolute atomic E-state index is 0.0887. The molecule has 1 aromatic heterocycles. The van der Waals surface area contributed by atoms with Gasteiger partial charge in [-0.05, 0) is 53.6 Å². The second-order valence-corrected chi connectivity index (χ2v) is 9.76. The van der Waals surface area contributed by atoms with E-state index in [2.05, 4.69) is 27.7 Å². The van der Waals surface area contributed by atoms with Crippen LogP contribution in [0.3, 0.4) is 0 Å². The summed E-state index contributed by atoms with van der Waals surface area (Å²) in [4.78, 5) is 16.3. The number of aromatic nitrogens is 1. The van der Waals surface area contributed by atoms with E-state index in [1.807, 2.05) is 48.7 Å². The molecule has 3 N–H and O–H groups in total. The van der Waals surface area contributed by atoms with Crippen molar-refractivity contribution in [3.8, 4) is 5.75 Å². The zero-order chi connectivity index (χ0) is 24.8. The lowest BCUT2D eigenvalue weighted by atomic mass is 9.90. The van der Waals surface area contributed by atoms with E-state index in [9.17, 15) is 13.2 Å². The van der Waals surface area contributed by atoms with Gasteiger partial charge in [-0.15, -0.1) is 6.58 Å². The highest BCUT2D eigenvalue weighted by Crippen LogP contribution is 2.31. The van der Waals surface area contributed by atoms with Gasteiger partial charge in [0.1, 0.15) is 5.75 Å². The van der Waals surface area contributed by atoms with Crippen molar-refractivity contribution >= 4 is 26.8 Å². The third-order valence-corrected chi connectivity index (χ3v) is 7.27. The van der Waals surface area contributed by atoms with Crippen molar-refractivity contribution in [2.75, 3.05) is 20.2 Å². The number of sulfonamides is 1. The minimum atomic E-state index is -3.65. The van der Waals surface area contributed by atoms with Crippen LogP contribution in [0.15, 0.2) is 96.5 Å². The van der Waals surface area contributed by atoms with Crippen LogP contribution in [0.5, 0.6) is 5.75 Å². The standard InChI is InChI=1S/C27H27N3O4S/c1-3-16-30-35(32,33)22-14-10-20(11-15-22)27(31)29-17-24(19-8-12-21(34-2)13-9-19)25-18-28-26-7-5-4-6-23(25)26/h3-15,18,24,28,30H,1,16-17H2,2H3,(H,29,31). The summed E-state index contributed by atoms with van der Waals surface area (Å²) in [6.07, 6.45) is 3.44. The number of H-pyrrole nitrogens is 1. The number of benzene rings is 3. The first kappa shape index (κ1) is 24.3. The van der Waals surface area contributed by atoms with Crippen molar-refractivity contribution in [3.05, 3.63) is 108 Å². The SMILES string of the molecule is C=CCNS(=O)(=O)c1ccc(C(=O)NCC(c2ccc(OC)cc2)c2c[nH]c3ccccc23)cc1. The largest absolute Gasteiger partial charge is 0.497 e. The molecule has 1 unspecified atom stereocenters. The van der Waals surface area contributed by atoms with Gasteiger partial charge in [0.2, 0.25) is 10.0 Å². The van der Waals surface area contributed by atoms with Gasteiger partial charge in [-0.2, -0.15) is 0 Å². The van der Waals surface area contributed by atoms with E-state index in [0.717, 1.165) is 27.8 Å². The Balaban J connectivity index is 1.56. The van der Waals surface area contributed by atoms with Crippen molar-refractivity contribution in [2.45, 2.75) is 10.8 Å². The number of carbonyl (C=O) groups excluding carboxylic acids is 1. The number of hydrogen-bond acceptors (Lipinski definition) is 4. The Hall–Kier alpha value is -3.88. The number of aromatic amines is 1. The molecule has 0 aliphatic rings. The second-order valence-electron chi connectivity index (χ2n) is 7.99. The molecule has 0 aliphatic heterocycles. The molecule has 0 aliphatic carbocycles. The average Bonchev–Trinajstić information content (AvgIpc) is 3.32. The molecular formula is C27H27N3O4S. The summed E-state index contributed by atoms with van der Waals surface area (Å²) in [5.74, 6) is 0.364. The Bertz CT molecular complexity index is 1430. The molecule has 0 saturated heterocycles. The summed E-state index contributed by atoms with van der Waals surface area (Å²) in [7, 11) is -2.03. The molecule has 35 heavy (non-hydrogen) atoms. The van der Waals surface area contributed by atoms with Crippen molar-refractivity contribution in [1.82, 2.24) is 15.0 Å². The molecule has 1 amide bonds. The lowest BCUT2D eigenvalue weighted by Crippen LogP contribution is -2.29. The molecule has 0 saturated carbocycles. The predicted octanol–water partition coefficient (Wildman–Crippen LogP) is 4.20. The molecule has 4 aromatic rings. The summed E-state index contributed by atoms with van der Waals surface area (Å²) in [6.45, 7) is 3.99. The zero-order valence-corrected chi connectivity index (χ0v) is 20.1. The highest BCUT2D eigenvalue weighted by molar-refractivity contribution is 7.89. The quantitative estimate of drug-likeness (QED) is 0.291. The minimum Gasteiger partial charge on any atom is -0.497 e. The fourth-order valence-corrected chi connectivity index (χ4v) is 4.96. The Morgan fingerprint density at radius 3 is 2.46 bits per heavy atom. The van der Waals surface area contributed by atoms with Crippen molar-refractivity contribution in [3.63, 3.8) is 0 Å². The zero-order valence-electron chi connectivity index (χ0n) is 19.3. The molecular weight excluding hydrogens is 462 g/mol. The summed E-state index contributed by atoms with van der Waals surface area (Å²) >= 11 is 0. The number of nitrogens with one attached hydrogen (secondary N) is 3. The first-order valence-electron chi connectivity index (χ1n) is 11.1. The van der Waals surface area contributed by atoms with Crippen molar-refractivity contribution in [1.29, 1.82) is 0 Å². The smallest absolute Gasteiger partial charge is 0.251 e. The summed E-state index contributed by atoms with van der Waals surface area (Å²) in [5, 5.41) is 4.10. The van der Waals surface area contributed by atoms with E-state index in [1.54, 1.807) is 7.11 Å². The number of methoxy groups -OCH3 is 1. The fraction of sp³-hybridized carbons (Fsp3) is 0.148. The molecule has 0 spiro atoms. The number of rotatable bonds is 10. The Labute approximate surface area is 204 Å². The Morgan fingerprint density at radius 2 is 1.77 bits per heavy atom. The van der Waals surface area contributed by atoms with Crippen molar-refractivity contribution in [2.24, 2.45) is 0 Å². The van der Waals surface area contributed by atoms with Crippen LogP contribution in [0.2, 0.25) is 0 Å². The molecule has 4 rings (SSSR count). The van der Waals surface area contributed by atoms with Crippen LogP contribution in [0.4, 0.5) is 0 Å². The van der Waals surface area contributed by atoms with E-state index >= 15 is 0 Å². The predicted molar refractivity (Wildman–Crippen MR) is 137 cm³/mol. The van der Waals surface area contributed by atoms with Crippen molar-refractivity contribution < 1.29 is 17.9 Å². The molecule has 3 aromatic carbocycles. The van der Waals surface area contributed by atoms with Crippen LogP contribution in [0.1, 0.15) is 27.4 Å². The molecule has 8 heteroatoms. The van der Waals surface area contributed by atoms with Crippen LogP contribution in [0.25, 0.3) is 10.9 Å². The van der Waals surface area contributed by atoms with E-state index in [4.69, 9.17) is 4.74 Å². The van der Waals surface area contributed by atoms with Crippen LogP contribution < -0.4 is 14.8 Å². The van der Waals surface area contributed by atoms with Gasteiger partial charge < -0.3 is 15.0 Å². The fourth-order valence-electron chi connectivity index (χ4n) is 3.96. The molecule has 1 atom stereocenters. The Morgan fingerprint density at radius 1 is 1.06 bits per heavy atom. The van der Waals surface area contributed by atoms with Gasteiger partial charge in [-0.1, -0.05) is 36.4 Å². The Kier molecular flexibility index (Phi) is 7.33. The van der Waals surface area contributed by atoms with Gasteiger partial charge in [0.05, 0.1) is 12.0 Å². The number of hydrogen-bond donors (Lipinski definition) is 3. The molecule has 1 heterocycles. The third-order valence-electron chi connectivity index (χ3n) is 5.83. The lowest BCUT2D eigenvalue weighted by Gasteiger charge is -2.19. The van der Waals surface area contributed by atoms with E-state index in [1.165, 1.54) is 30.3 Å². The van der Waals surface area contributed by atoms with Crippen LogP contribution in [0, 0.1) is 0 Å². The number of ether oxygens (including phenoxy) is 1. The topological polar surface area (TPSA) is 100 Å². The number of para-hydroxylation sites is 1. The summed E-state index contributed by atoms with van der Waals surface area (Å²) < 4.78 is 32.2. The maximum atomic E-state index is 12.9. The highest BCUT2D eigenvalue weighted by Gasteiger charge is 2.20. The maximum absolute atomic E-state index is 12.9. The normalized spacial score (nSPS) is 12.3. The highest BCUT2D eigenvalue weighted by atomic mass is 32.2. The van der Waals surface area contributed by atoms with E-state index in [-0.39, 0.29) is 23.3 Å². The van der Waals surface area contributed by atoms with Gasteiger partial charge in [0.25, 0.3) is 5.91 Å². The summed E-state index contributed by atoms with van der Waals surface area (Å²) in [5.41, 5.74) is 3.50. The number of carbonyl (C=O) groups is 1. The maximum Gasteiger partial charge on any atom is 0.251 e.